The van der Waals surface area contributed by atoms with Crippen LogP contribution in [0.25, 0.3) is 0 Å². The molecule has 0 bridgehead atoms. The molecule has 0 aromatic heterocycles. The molecule has 4 heteroatoms. The van der Waals surface area contributed by atoms with E-state index in [1.54, 1.807) is 26.8 Å². The molecular weight excluding hydrogens is 273 g/mol. The predicted octanol–water partition coefficient (Wildman–Crippen LogP) is 3.58. The van der Waals surface area contributed by atoms with E-state index in [4.69, 9.17) is 0 Å². The Morgan fingerprint density at radius 3 is 2.50 bits per heavy atom. The van der Waals surface area contributed by atoms with Crippen molar-refractivity contribution < 1.29 is 9.18 Å². The molecule has 16 heavy (non-hydrogen) atoms. The van der Waals surface area contributed by atoms with Crippen LogP contribution in [0.1, 0.15) is 26.3 Å². The summed E-state index contributed by atoms with van der Waals surface area (Å²) < 4.78 is 13.6. The van der Waals surface area contributed by atoms with Gasteiger partial charge in [-0.15, -0.1) is 0 Å². The zero-order valence-corrected chi connectivity index (χ0v) is 11.0. The molecule has 0 aliphatic carbocycles. The fourth-order valence-corrected chi connectivity index (χ4v) is 1.46. The first kappa shape index (κ1) is 13.0. The average molecular weight is 286 g/mol. The minimum Gasteiger partial charge on any atom is -0.272 e. The van der Waals surface area contributed by atoms with Gasteiger partial charge in [0, 0.05) is 16.1 Å². The number of rotatable bonds is 1. The van der Waals surface area contributed by atoms with Crippen LogP contribution in [0.15, 0.2) is 27.7 Å². The third kappa shape index (κ3) is 3.85. The molecule has 1 amide bonds. The van der Waals surface area contributed by atoms with Crippen molar-refractivity contribution >= 4 is 28.1 Å². The Labute approximate surface area is 103 Å². The van der Waals surface area contributed by atoms with Crippen molar-refractivity contribution in [1.29, 1.82) is 0 Å². The van der Waals surface area contributed by atoms with Crippen LogP contribution in [-0.2, 0) is 4.79 Å². The molecule has 1 aromatic carbocycles. The first-order valence-electron chi connectivity index (χ1n) is 4.83. The normalized spacial score (nSPS) is 12.1. The molecule has 0 unspecified atom stereocenters. The highest BCUT2D eigenvalue weighted by Gasteiger charge is 2.19. The number of nitrogens with zero attached hydrogens (tertiary/aromatic N) is 1. The number of halogens is 2. The molecule has 2 nitrogen and oxygen atoms in total. The van der Waals surface area contributed by atoms with Crippen molar-refractivity contribution in [1.82, 2.24) is 0 Å². The van der Waals surface area contributed by atoms with Gasteiger partial charge in [-0.25, -0.2) is 9.38 Å². The molecule has 86 valence electrons. The van der Waals surface area contributed by atoms with E-state index in [1.807, 2.05) is 0 Å². The van der Waals surface area contributed by atoms with E-state index < -0.39 is 5.41 Å². The topological polar surface area (TPSA) is 29.4 Å². The van der Waals surface area contributed by atoms with Crippen LogP contribution >= 0.6 is 15.9 Å². The summed E-state index contributed by atoms with van der Waals surface area (Å²) in [5.74, 6) is -0.591. The Morgan fingerprint density at radius 2 is 2.00 bits per heavy atom. The van der Waals surface area contributed by atoms with Gasteiger partial charge in [-0.05, 0) is 23.8 Å². The molecule has 1 rings (SSSR count). The standard InChI is InChI=1S/C12H13BrFNO/c1-12(2,3)11(16)15-7-8-4-9(13)6-10(14)5-8/h4-7H,1-3H3. The number of carbonyl (C=O) groups excluding carboxylic acids is 1. The third-order valence-corrected chi connectivity index (χ3v) is 2.32. The van der Waals surface area contributed by atoms with Crippen LogP contribution in [0.3, 0.4) is 0 Å². The number of hydrogen-bond acceptors (Lipinski definition) is 1. The SMILES string of the molecule is CC(C)(C)C(=O)N=Cc1cc(F)cc(Br)c1. The summed E-state index contributed by atoms with van der Waals surface area (Å²) in [6, 6.07) is 4.37. The zero-order valence-electron chi connectivity index (χ0n) is 9.42. The summed E-state index contributed by atoms with van der Waals surface area (Å²) in [6.45, 7) is 5.36. The van der Waals surface area contributed by atoms with Gasteiger partial charge in [0.25, 0.3) is 5.91 Å². The van der Waals surface area contributed by atoms with Crippen molar-refractivity contribution in [3.05, 3.63) is 34.1 Å². The van der Waals surface area contributed by atoms with Crippen LogP contribution in [-0.4, -0.2) is 12.1 Å². The summed E-state index contributed by atoms with van der Waals surface area (Å²) in [6.07, 6.45) is 1.38. The lowest BCUT2D eigenvalue weighted by molar-refractivity contribution is -0.124. The second kappa shape index (κ2) is 4.87. The monoisotopic (exact) mass is 285 g/mol. The average Bonchev–Trinajstić information content (AvgIpc) is 2.11. The molecule has 0 fully saturated rings. The summed E-state index contributed by atoms with van der Waals surface area (Å²) in [5, 5.41) is 0. The number of amides is 1. The van der Waals surface area contributed by atoms with Crippen molar-refractivity contribution in [3.63, 3.8) is 0 Å². The second-order valence-electron chi connectivity index (χ2n) is 4.52. The fraction of sp³-hybridized carbons (Fsp3) is 0.333. The molecule has 0 spiro atoms. The van der Waals surface area contributed by atoms with Gasteiger partial charge in [-0.1, -0.05) is 36.7 Å². The molecule has 0 heterocycles. The summed E-state index contributed by atoms with van der Waals surface area (Å²) in [7, 11) is 0. The maximum atomic E-state index is 13.0. The van der Waals surface area contributed by atoms with E-state index in [9.17, 15) is 9.18 Å². The van der Waals surface area contributed by atoms with Crippen LogP contribution in [0.2, 0.25) is 0 Å². The van der Waals surface area contributed by atoms with Crippen molar-refractivity contribution in [2.45, 2.75) is 20.8 Å². The minimum atomic E-state index is -0.513. The van der Waals surface area contributed by atoms with E-state index in [2.05, 4.69) is 20.9 Å². The lowest BCUT2D eigenvalue weighted by Crippen LogP contribution is -2.17. The predicted molar refractivity (Wildman–Crippen MR) is 66.2 cm³/mol. The third-order valence-electron chi connectivity index (χ3n) is 1.86. The molecule has 0 N–H and O–H groups in total. The first-order valence-corrected chi connectivity index (χ1v) is 5.63. The lowest BCUT2D eigenvalue weighted by atomic mass is 9.96. The number of aliphatic imine (C=N–C) groups is 1. The van der Waals surface area contributed by atoms with Gasteiger partial charge in [-0.2, -0.15) is 0 Å². The Balaban J connectivity index is 2.89. The molecular formula is C12H13BrFNO. The van der Waals surface area contributed by atoms with E-state index in [-0.39, 0.29) is 11.7 Å². The van der Waals surface area contributed by atoms with Crippen LogP contribution in [0.4, 0.5) is 4.39 Å². The molecule has 0 saturated carbocycles. The zero-order chi connectivity index (χ0) is 12.3. The maximum absolute atomic E-state index is 13.0. The van der Waals surface area contributed by atoms with Gasteiger partial charge in [0.15, 0.2) is 0 Å². The van der Waals surface area contributed by atoms with E-state index in [0.29, 0.717) is 10.0 Å². The largest absolute Gasteiger partial charge is 0.272 e. The maximum Gasteiger partial charge on any atom is 0.251 e. The van der Waals surface area contributed by atoms with E-state index in [1.165, 1.54) is 18.3 Å². The van der Waals surface area contributed by atoms with Gasteiger partial charge >= 0.3 is 0 Å². The highest BCUT2D eigenvalue weighted by Crippen LogP contribution is 2.16. The summed E-state index contributed by atoms with van der Waals surface area (Å²) in [5.41, 5.74) is 0.0469. The van der Waals surface area contributed by atoms with Crippen LogP contribution in [0.5, 0.6) is 0 Å². The van der Waals surface area contributed by atoms with Crippen LogP contribution in [0, 0.1) is 11.2 Å². The van der Waals surface area contributed by atoms with Crippen molar-refractivity contribution in [2.24, 2.45) is 10.4 Å². The summed E-state index contributed by atoms with van der Waals surface area (Å²) in [4.78, 5) is 15.3. The molecule has 1 aromatic rings. The highest BCUT2D eigenvalue weighted by molar-refractivity contribution is 9.10. The first-order chi connectivity index (χ1) is 7.29. The number of hydrogen-bond donors (Lipinski definition) is 0. The molecule has 0 aliphatic rings. The van der Waals surface area contributed by atoms with Gasteiger partial charge in [-0.3, -0.25) is 4.79 Å². The number of benzene rings is 1. The smallest absolute Gasteiger partial charge is 0.251 e. The lowest BCUT2D eigenvalue weighted by Gasteiger charge is -2.11. The second-order valence-corrected chi connectivity index (χ2v) is 5.43. The van der Waals surface area contributed by atoms with Gasteiger partial charge < -0.3 is 0 Å². The van der Waals surface area contributed by atoms with Crippen LogP contribution < -0.4 is 0 Å². The molecule has 0 aliphatic heterocycles. The fourth-order valence-electron chi connectivity index (χ4n) is 0.977. The number of carbonyl (C=O) groups is 1. The van der Waals surface area contributed by atoms with E-state index >= 15 is 0 Å². The Kier molecular flexibility index (Phi) is 3.97. The van der Waals surface area contributed by atoms with Gasteiger partial charge in [0.1, 0.15) is 5.82 Å². The molecule has 0 atom stereocenters. The quantitative estimate of drug-likeness (QED) is 0.725. The molecule has 0 radical (unpaired) electrons. The summed E-state index contributed by atoms with van der Waals surface area (Å²) >= 11 is 3.17. The van der Waals surface area contributed by atoms with Crippen molar-refractivity contribution in [2.75, 3.05) is 0 Å². The van der Waals surface area contributed by atoms with Gasteiger partial charge in [0.05, 0.1) is 0 Å². The molecule has 0 saturated heterocycles. The van der Waals surface area contributed by atoms with E-state index in [0.717, 1.165) is 0 Å². The minimum absolute atomic E-state index is 0.229. The van der Waals surface area contributed by atoms with Gasteiger partial charge in [0.2, 0.25) is 0 Å². The highest BCUT2D eigenvalue weighted by atomic mass is 79.9. The Hall–Kier alpha value is -1.03. The Bertz CT molecular complexity index is 415. The Morgan fingerprint density at radius 1 is 1.38 bits per heavy atom. The van der Waals surface area contributed by atoms with Crippen molar-refractivity contribution in [3.8, 4) is 0 Å².